The third-order valence-electron chi connectivity index (χ3n) is 2.67. The average molecular weight is 375 g/mol. The standard InChI is InChI=1S/C13H12BrFN2O3S/c1-20-12-7-9(3-4-11(12)16)17-21(18,19)13-5-2-8(14)6-10(13)15/h2-7,17H,16H2,1H3. The first kappa shape index (κ1) is 15.6. The molecule has 0 unspecified atom stereocenters. The highest BCUT2D eigenvalue weighted by Gasteiger charge is 2.19. The summed E-state index contributed by atoms with van der Waals surface area (Å²) < 4.78 is 45.9. The van der Waals surface area contributed by atoms with Crippen LogP contribution in [0.25, 0.3) is 0 Å². The summed E-state index contributed by atoms with van der Waals surface area (Å²) in [6, 6.07) is 8.08. The van der Waals surface area contributed by atoms with Crippen molar-refractivity contribution >= 4 is 37.3 Å². The largest absolute Gasteiger partial charge is 0.495 e. The SMILES string of the molecule is COc1cc(NS(=O)(=O)c2ccc(Br)cc2F)ccc1N. The van der Waals surface area contributed by atoms with E-state index in [0.717, 1.165) is 6.07 Å². The zero-order valence-corrected chi connectivity index (χ0v) is 13.3. The van der Waals surface area contributed by atoms with Gasteiger partial charge in [-0.2, -0.15) is 0 Å². The van der Waals surface area contributed by atoms with Crippen LogP contribution in [-0.2, 0) is 10.0 Å². The lowest BCUT2D eigenvalue weighted by atomic mass is 10.2. The number of nitrogen functional groups attached to an aromatic ring is 1. The van der Waals surface area contributed by atoms with Gasteiger partial charge in [0.25, 0.3) is 10.0 Å². The van der Waals surface area contributed by atoms with E-state index in [9.17, 15) is 12.8 Å². The zero-order valence-electron chi connectivity index (χ0n) is 10.9. The van der Waals surface area contributed by atoms with Gasteiger partial charge in [-0.3, -0.25) is 4.72 Å². The number of sulfonamides is 1. The Labute approximate surface area is 130 Å². The number of benzene rings is 2. The number of nitrogens with two attached hydrogens (primary N) is 1. The highest BCUT2D eigenvalue weighted by atomic mass is 79.9. The third kappa shape index (κ3) is 3.45. The normalized spacial score (nSPS) is 11.2. The molecule has 0 aliphatic heterocycles. The monoisotopic (exact) mass is 374 g/mol. The predicted molar refractivity (Wildman–Crippen MR) is 82.3 cm³/mol. The molecule has 0 bridgehead atoms. The first-order valence-corrected chi connectivity index (χ1v) is 8.02. The number of hydrogen-bond acceptors (Lipinski definition) is 4. The lowest BCUT2D eigenvalue weighted by Crippen LogP contribution is -2.14. The number of hydrogen-bond donors (Lipinski definition) is 2. The van der Waals surface area contributed by atoms with Gasteiger partial charge in [0.1, 0.15) is 16.5 Å². The fourth-order valence-electron chi connectivity index (χ4n) is 1.68. The Morgan fingerprint density at radius 2 is 1.95 bits per heavy atom. The minimum atomic E-state index is -4.04. The molecule has 2 rings (SSSR count). The van der Waals surface area contributed by atoms with E-state index >= 15 is 0 Å². The molecule has 0 aliphatic carbocycles. The van der Waals surface area contributed by atoms with Crippen LogP contribution in [0.2, 0.25) is 0 Å². The van der Waals surface area contributed by atoms with Crippen molar-refractivity contribution in [1.82, 2.24) is 0 Å². The van der Waals surface area contributed by atoms with Gasteiger partial charge in [-0.1, -0.05) is 15.9 Å². The van der Waals surface area contributed by atoms with Crippen LogP contribution >= 0.6 is 15.9 Å². The topological polar surface area (TPSA) is 81.4 Å². The Kier molecular flexibility index (Phi) is 4.38. The molecule has 0 amide bonds. The molecule has 0 aromatic heterocycles. The average Bonchev–Trinajstić information content (AvgIpc) is 2.40. The Bertz CT molecular complexity index is 781. The Morgan fingerprint density at radius 1 is 1.24 bits per heavy atom. The minimum absolute atomic E-state index is 0.225. The summed E-state index contributed by atoms with van der Waals surface area (Å²) in [6.45, 7) is 0. The minimum Gasteiger partial charge on any atom is -0.495 e. The quantitative estimate of drug-likeness (QED) is 0.806. The maximum Gasteiger partial charge on any atom is 0.264 e. The molecule has 5 nitrogen and oxygen atoms in total. The van der Waals surface area contributed by atoms with Crippen molar-refractivity contribution < 1.29 is 17.5 Å². The van der Waals surface area contributed by atoms with Crippen molar-refractivity contribution in [2.24, 2.45) is 0 Å². The smallest absolute Gasteiger partial charge is 0.264 e. The summed E-state index contributed by atoms with van der Waals surface area (Å²) in [4.78, 5) is -0.443. The van der Waals surface area contributed by atoms with E-state index in [1.165, 1.54) is 37.4 Å². The first-order chi connectivity index (χ1) is 9.83. The highest BCUT2D eigenvalue weighted by Crippen LogP contribution is 2.27. The number of methoxy groups -OCH3 is 1. The third-order valence-corrected chi connectivity index (χ3v) is 4.58. The van der Waals surface area contributed by atoms with Crippen molar-refractivity contribution in [2.45, 2.75) is 4.90 Å². The second kappa shape index (κ2) is 5.90. The predicted octanol–water partition coefficient (Wildman–Crippen LogP) is 2.98. The highest BCUT2D eigenvalue weighted by molar-refractivity contribution is 9.10. The van der Waals surface area contributed by atoms with Gasteiger partial charge in [-0.15, -0.1) is 0 Å². The molecular weight excluding hydrogens is 363 g/mol. The van der Waals surface area contributed by atoms with Crippen molar-refractivity contribution in [3.8, 4) is 5.75 Å². The van der Waals surface area contributed by atoms with Crippen LogP contribution in [0.1, 0.15) is 0 Å². The van der Waals surface area contributed by atoms with Gasteiger partial charge in [0.05, 0.1) is 18.5 Å². The summed E-state index contributed by atoms with van der Waals surface area (Å²) in [5.41, 5.74) is 6.24. The molecule has 0 radical (unpaired) electrons. The van der Waals surface area contributed by atoms with Crippen LogP contribution in [0, 0.1) is 5.82 Å². The second-order valence-electron chi connectivity index (χ2n) is 4.14. The number of anilines is 2. The molecular formula is C13H12BrFN2O3S. The van der Waals surface area contributed by atoms with E-state index in [-0.39, 0.29) is 5.69 Å². The number of rotatable bonds is 4. The number of ether oxygens (including phenoxy) is 1. The fourth-order valence-corrected chi connectivity index (χ4v) is 3.12. The summed E-state index contributed by atoms with van der Waals surface area (Å²) in [5, 5.41) is 0. The van der Waals surface area contributed by atoms with E-state index in [1.807, 2.05) is 0 Å². The zero-order chi connectivity index (χ0) is 15.6. The van der Waals surface area contributed by atoms with Crippen LogP contribution in [0.3, 0.4) is 0 Å². The lowest BCUT2D eigenvalue weighted by molar-refractivity contribution is 0.417. The van der Waals surface area contributed by atoms with Crippen LogP contribution in [-0.4, -0.2) is 15.5 Å². The summed E-state index contributed by atoms with van der Waals surface area (Å²) in [5.74, 6) is -0.522. The Morgan fingerprint density at radius 3 is 2.57 bits per heavy atom. The van der Waals surface area contributed by atoms with Crippen molar-refractivity contribution in [1.29, 1.82) is 0 Å². The molecule has 0 heterocycles. The maximum atomic E-state index is 13.8. The van der Waals surface area contributed by atoms with Crippen molar-refractivity contribution in [2.75, 3.05) is 17.6 Å². The van der Waals surface area contributed by atoms with Gasteiger partial charge in [0.2, 0.25) is 0 Å². The first-order valence-electron chi connectivity index (χ1n) is 5.75. The number of halogens is 2. The molecule has 0 atom stereocenters. The van der Waals surface area contributed by atoms with Crippen LogP contribution in [0.5, 0.6) is 5.75 Å². The van der Waals surface area contributed by atoms with Gasteiger partial charge in [0.15, 0.2) is 0 Å². The molecule has 0 saturated heterocycles. The van der Waals surface area contributed by atoms with Crippen molar-refractivity contribution in [3.05, 3.63) is 46.7 Å². The van der Waals surface area contributed by atoms with Crippen molar-refractivity contribution in [3.63, 3.8) is 0 Å². The van der Waals surface area contributed by atoms with Gasteiger partial charge >= 0.3 is 0 Å². The van der Waals surface area contributed by atoms with E-state index < -0.39 is 20.7 Å². The summed E-state index contributed by atoms with van der Waals surface area (Å²) in [6.07, 6.45) is 0. The molecule has 8 heteroatoms. The summed E-state index contributed by atoms with van der Waals surface area (Å²) in [7, 11) is -2.63. The Hall–Kier alpha value is -1.80. The molecule has 2 aromatic rings. The molecule has 112 valence electrons. The molecule has 21 heavy (non-hydrogen) atoms. The van der Waals surface area contributed by atoms with E-state index in [2.05, 4.69) is 20.7 Å². The van der Waals surface area contributed by atoms with Crippen LogP contribution in [0.15, 0.2) is 45.8 Å². The molecule has 3 N–H and O–H groups in total. The second-order valence-corrected chi connectivity index (χ2v) is 6.70. The van der Waals surface area contributed by atoms with Gasteiger partial charge in [-0.25, -0.2) is 12.8 Å². The molecule has 0 spiro atoms. The lowest BCUT2D eigenvalue weighted by Gasteiger charge is -2.11. The molecule has 0 saturated carbocycles. The van der Waals surface area contributed by atoms with Crippen LogP contribution < -0.4 is 15.2 Å². The molecule has 0 fully saturated rings. The van der Waals surface area contributed by atoms with Gasteiger partial charge in [0, 0.05) is 10.5 Å². The molecule has 2 aromatic carbocycles. The van der Waals surface area contributed by atoms with Crippen LogP contribution in [0.4, 0.5) is 15.8 Å². The van der Waals surface area contributed by atoms with E-state index in [0.29, 0.717) is 15.9 Å². The number of nitrogens with one attached hydrogen (secondary N) is 1. The fraction of sp³-hybridized carbons (Fsp3) is 0.0769. The summed E-state index contributed by atoms with van der Waals surface area (Å²) >= 11 is 3.07. The van der Waals surface area contributed by atoms with E-state index in [1.54, 1.807) is 0 Å². The van der Waals surface area contributed by atoms with Gasteiger partial charge < -0.3 is 10.5 Å². The Balaban J connectivity index is 2.37. The molecule has 0 aliphatic rings. The van der Waals surface area contributed by atoms with E-state index in [4.69, 9.17) is 10.5 Å². The maximum absolute atomic E-state index is 13.8. The van der Waals surface area contributed by atoms with Gasteiger partial charge in [-0.05, 0) is 30.3 Å².